The third-order valence-corrected chi connectivity index (χ3v) is 4.16. The number of fused-ring (bicyclic) bond motifs is 1. The second-order valence-electron chi connectivity index (χ2n) is 5.40. The summed E-state index contributed by atoms with van der Waals surface area (Å²) in [5.74, 6) is 1.23. The summed E-state index contributed by atoms with van der Waals surface area (Å²) >= 11 is 0. The van der Waals surface area contributed by atoms with Gasteiger partial charge in [-0.1, -0.05) is 0 Å². The van der Waals surface area contributed by atoms with Gasteiger partial charge in [-0.25, -0.2) is 4.98 Å². The SMILES string of the molecule is Cc1cc(CO)cnc1N1CCCC2C(=O)NCC21. The van der Waals surface area contributed by atoms with Crippen molar-refractivity contribution in [3.63, 3.8) is 0 Å². The van der Waals surface area contributed by atoms with Gasteiger partial charge in [-0.15, -0.1) is 0 Å². The lowest BCUT2D eigenvalue weighted by atomic mass is 9.91. The highest BCUT2D eigenvalue weighted by Gasteiger charge is 2.41. The van der Waals surface area contributed by atoms with E-state index in [1.165, 1.54) is 0 Å². The summed E-state index contributed by atoms with van der Waals surface area (Å²) in [4.78, 5) is 18.5. The molecule has 0 bridgehead atoms. The van der Waals surface area contributed by atoms with E-state index in [9.17, 15) is 4.79 Å². The zero-order valence-electron chi connectivity index (χ0n) is 11.1. The van der Waals surface area contributed by atoms with Crippen molar-refractivity contribution in [2.75, 3.05) is 18.0 Å². The molecule has 2 fully saturated rings. The Balaban J connectivity index is 1.91. The van der Waals surface area contributed by atoms with Gasteiger partial charge in [0.25, 0.3) is 0 Å². The highest BCUT2D eigenvalue weighted by molar-refractivity contribution is 5.83. The number of aliphatic hydroxyl groups is 1. The Morgan fingerprint density at radius 1 is 1.58 bits per heavy atom. The van der Waals surface area contributed by atoms with Crippen LogP contribution in [0.2, 0.25) is 0 Å². The minimum atomic E-state index is 0.0141. The minimum Gasteiger partial charge on any atom is -0.392 e. The number of carbonyl (C=O) groups is 1. The van der Waals surface area contributed by atoms with Crippen molar-refractivity contribution in [1.29, 1.82) is 0 Å². The number of nitrogens with zero attached hydrogens (tertiary/aromatic N) is 2. The molecule has 3 heterocycles. The molecule has 19 heavy (non-hydrogen) atoms. The molecule has 0 radical (unpaired) electrons. The molecule has 0 saturated carbocycles. The van der Waals surface area contributed by atoms with Crippen molar-refractivity contribution in [2.45, 2.75) is 32.4 Å². The summed E-state index contributed by atoms with van der Waals surface area (Å²) < 4.78 is 0. The molecular formula is C14H19N3O2. The maximum absolute atomic E-state index is 11.8. The van der Waals surface area contributed by atoms with E-state index in [0.29, 0.717) is 6.54 Å². The van der Waals surface area contributed by atoms with E-state index >= 15 is 0 Å². The molecule has 2 unspecified atom stereocenters. The van der Waals surface area contributed by atoms with Gasteiger partial charge in [0.15, 0.2) is 0 Å². The second kappa shape index (κ2) is 4.81. The lowest BCUT2D eigenvalue weighted by molar-refractivity contribution is -0.123. The number of hydrogen-bond acceptors (Lipinski definition) is 4. The molecule has 1 aromatic rings. The van der Waals surface area contributed by atoms with Gasteiger partial charge in [0.05, 0.1) is 18.6 Å². The molecule has 1 aromatic heterocycles. The Hall–Kier alpha value is -1.62. The van der Waals surface area contributed by atoms with Crippen LogP contribution in [0.4, 0.5) is 5.82 Å². The van der Waals surface area contributed by atoms with Gasteiger partial charge < -0.3 is 15.3 Å². The van der Waals surface area contributed by atoms with Gasteiger partial charge in [0.2, 0.25) is 5.91 Å². The molecule has 2 atom stereocenters. The average Bonchev–Trinajstić information content (AvgIpc) is 2.81. The molecule has 0 spiro atoms. The highest BCUT2D eigenvalue weighted by atomic mass is 16.3. The number of aryl methyl sites for hydroxylation is 1. The van der Waals surface area contributed by atoms with Gasteiger partial charge >= 0.3 is 0 Å². The molecular weight excluding hydrogens is 242 g/mol. The zero-order chi connectivity index (χ0) is 13.4. The number of aliphatic hydroxyl groups excluding tert-OH is 1. The Bertz CT molecular complexity index is 503. The van der Waals surface area contributed by atoms with E-state index in [4.69, 9.17) is 5.11 Å². The Labute approximate surface area is 112 Å². The van der Waals surface area contributed by atoms with Crippen LogP contribution in [-0.4, -0.2) is 35.1 Å². The molecule has 2 saturated heterocycles. The number of piperidine rings is 1. The fraction of sp³-hybridized carbons (Fsp3) is 0.571. The van der Waals surface area contributed by atoms with E-state index in [0.717, 1.165) is 36.3 Å². The van der Waals surface area contributed by atoms with Crippen LogP contribution < -0.4 is 10.2 Å². The van der Waals surface area contributed by atoms with E-state index in [1.807, 2.05) is 13.0 Å². The molecule has 0 aliphatic carbocycles. The van der Waals surface area contributed by atoms with Gasteiger partial charge in [0, 0.05) is 19.3 Å². The summed E-state index contributed by atoms with van der Waals surface area (Å²) in [5, 5.41) is 12.1. The van der Waals surface area contributed by atoms with Crippen LogP contribution >= 0.6 is 0 Å². The fourth-order valence-electron chi connectivity index (χ4n) is 3.23. The number of anilines is 1. The van der Waals surface area contributed by atoms with Gasteiger partial charge in [0.1, 0.15) is 5.82 Å². The molecule has 5 nitrogen and oxygen atoms in total. The maximum Gasteiger partial charge on any atom is 0.225 e. The first kappa shape index (κ1) is 12.4. The normalized spacial score (nSPS) is 26.2. The summed E-state index contributed by atoms with van der Waals surface area (Å²) in [5.41, 5.74) is 1.89. The molecule has 0 aromatic carbocycles. The summed E-state index contributed by atoms with van der Waals surface area (Å²) in [6, 6.07) is 2.20. The topological polar surface area (TPSA) is 65.5 Å². The average molecular weight is 261 g/mol. The maximum atomic E-state index is 11.8. The standard InChI is InChI=1S/C14H19N3O2/c1-9-5-10(8-18)6-15-13(9)17-4-2-3-11-12(17)7-16-14(11)19/h5-6,11-12,18H,2-4,7-8H2,1H3,(H,16,19). The van der Waals surface area contributed by atoms with Crippen LogP contribution in [0.5, 0.6) is 0 Å². The molecule has 2 N–H and O–H groups in total. The van der Waals surface area contributed by atoms with E-state index in [2.05, 4.69) is 15.2 Å². The van der Waals surface area contributed by atoms with E-state index in [1.54, 1.807) is 6.20 Å². The van der Waals surface area contributed by atoms with Crippen molar-refractivity contribution in [3.05, 3.63) is 23.4 Å². The number of rotatable bonds is 2. The number of hydrogen-bond donors (Lipinski definition) is 2. The number of amides is 1. The van der Waals surface area contributed by atoms with Crippen LogP contribution in [-0.2, 0) is 11.4 Å². The molecule has 5 heteroatoms. The summed E-state index contributed by atoms with van der Waals surface area (Å²) in [6.45, 7) is 3.68. The predicted molar refractivity (Wildman–Crippen MR) is 71.8 cm³/mol. The zero-order valence-corrected chi connectivity index (χ0v) is 11.1. The lowest BCUT2D eigenvalue weighted by Crippen LogP contribution is -2.46. The number of aromatic nitrogens is 1. The minimum absolute atomic E-state index is 0.0141. The van der Waals surface area contributed by atoms with Crippen LogP contribution in [0, 0.1) is 12.8 Å². The van der Waals surface area contributed by atoms with Crippen LogP contribution in [0.1, 0.15) is 24.0 Å². The van der Waals surface area contributed by atoms with Gasteiger partial charge in [-0.3, -0.25) is 4.79 Å². The first-order chi connectivity index (χ1) is 9.20. The smallest absolute Gasteiger partial charge is 0.225 e. The van der Waals surface area contributed by atoms with Gasteiger partial charge in [-0.05, 0) is 37.0 Å². The Morgan fingerprint density at radius 3 is 3.16 bits per heavy atom. The van der Waals surface area contributed by atoms with Crippen molar-refractivity contribution in [1.82, 2.24) is 10.3 Å². The largest absolute Gasteiger partial charge is 0.392 e. The van der Waals surface area contributed by atoms with Crippen molar-refractivity contribution in [3.8, 4) is 0 Å². The molecule has 2 aliphatic rings. The van der Waals surface area contributed by atoms with Gasteiger partial charge in [-0.2, -0.15) is 0 Å². The Morgan fingerprint density at radius 2 is 2.42 bits per heavy atom. The predicted octanol–water partition coefficient (Wildman–Crippen LogP) is 0.597. The van der Waals surface area contributed by atoms with E-state index < -0.39 is 0 Å². The highest BCUT2D eigenvalue weighted by Crippen LogP contribution is 2.32. The van der Waals surface area contributed by atoms with E-state index in [-0.39, 0.29) is 24.5 Å². The third kappa shape index (κ3) is 2.08. The van der Waals surface area contributed by atoms with Crippen molar-refractivity contribution >= 4 is 11.7 Å². The summed E-state index contributed by atoms with van der Waals surface area (Å²) in [7, 11) is 0. The van der Waals surface area contributed by atoms with Crippen LogP contribution in [0.15, 0.2) is 12.3 Å². The lowest BCUT2D eigenvalue weighted by Gasteiger charge is -2.37. The second-order valence-corrected chi connectivity index (χ2v) is 5.40. The fourth-order valence-corrected chi connectivity index (χ4v) is 3.23. The Kier molecular flexibility index (Phi) is 3.14. The van der Waals surface area contributed by atoms with Crippen LogP contribution in [0.3, 0.4) is 0 Å². The molecule has 2 aliphatic heterocycles. The monoisotopic (exact) mass is 261 g/mol. The number of carbonyl (C=O) groups excluding carboxylic acids is 1. The first-order valence-electron chi connectivity index (χ1n) is 6.81. The molecule has 3 rings (SSSR count). The molecule has 1 amide bonds. The number of pyridine rings is 1. The third-order valence-electron chi connectivity index (χ3n) is 4.16. The van der Waals surface area contributed by atoms with Crippen LogP contribution in [0.25, 0.3) is 0 Å². The van der Waals surface area contributed by atoms with Crippen molar-refractivity contribution < 1.29 is 9.90 Å². The van der Waals surface area contributed by atoms with Crippen molar-refractivity contribution in [2.24, 2.45) is 5.92 Å². The first-order valence-corrected chi connectivity index (χ1v) is 6.81. The quantitative estimate of drug-likeness (QED) is 0.818. The molecule has 102 valence electrons. The number of nitrogens with one attached hydrogen (secondary N) is 1. The summed E-state index contributed by atoms with van der Waals surface area (Å²) in [6.07, 6.45) is 3.72.